The van der Waals surface area contributed by atoms with E-state index in [2.05, 4.69) is 10.5 Å². The van der Waals surface area contributed by atoms with E-state index in [1.165, 1.54) is 0 Å². The van der Waals surface area contributed by atoms with Crippen LogP contribution in [0.5, 0.6) is 0 Å². The average molecular weight is 223 g/mol. The van der Waals surface area contributed by atoms with Gasteiger partial charge in [0.1, 0.15) is 5.76 Å². The molecule has 1 aliphatic rings. The average Bonchev–Trinajstić information content (AvgIpc) is 2.70. The fraction of sp³-hybridized carbons (Fsp3) is 0.636. The van der Waals surface area contributed by atoms with E-state index in [1.807, 2.05) is 13.8 Å². The molecule has 0 aliphatic carbocycles. The number of aromatic nitrogens is 1. The molecule has 1 N–H and O–H groups in total. The van der Waals surface area contributed by atoms with Crippen molar-refractivity contribution >= 4 is 5.91 Å². The predicted molar refractivity (Wildman–Crippen MR) is 59.1 cm³/mol. The molecule has 16 heavy (non-hydrogen) atoms. The third-order valence-electron chi connectivity index (χ3n) is 3.00. The smallest absolute Gasteiger partial charge is 0.276 e. The minimum atomic E-state index is -0.0660. The lowest BCUT2D eigenvalue weighted by Gasteiger charge is -2.21. The van der Waals surface area contributed by atoms with Gasteiger partial charge in [-0.1, -0.05) is 5.16 Å². The van der Waals surface area contributed by atoms with Crippen molar-refractivity contribution in [2.24, 2.45) is 0 Å². The van der Waals surface area contributed by atoms with Crippen molar-refractivity contribution in [3.05, 3.63) is 17.0 Å². The second-order valence-electron chi connectivity index (χ2n) is 4.37. The van der Waals surface area contributed by atoms with Gasteiger partial charge in [-0.25, -0.2) is 0 Å². The molecular weight excluding hydrogens is 206 g/mol. The normalized spacial score (nSPS) is 15.0. The van der Waals surface area contributed by atoms with Gasteiger partial charge >= 0.3 is 0 Å². The summed E-state index contributed by atoms with van der Waals surface area (Å²) in [7, 11) is 1.78. The van der Waals surface area contributed by atoms with Crippen molar-refractivity contribution in [3.63, 3.8) is 0 Å². The monoisotopic (exact) mass is 223 g/mol. The van der Waals surface area contributed by atoms with Crippen LogP contribution in [0, 0.1) is 0 Å². The van der Waals surface area contributed by atoms with E-state index >= 15 is 0 Å². The molecule has 0 aromatic carbocycles. The number of fused-ring (bicyclic) bond motifs is 1. The first-order valence-electron chi connectivity index (χ1n) is 5.56. The topological polar surface area (TPSA) is 58.4 Å². The maximum absolute atomic E-state index is 12.1. The highest BCUT2D eigenvalue weighted by molar-refractivity contribution is 5.93. The SMILES string of the molecule is CC(C)N(C)C(=O)c1noc2c1CNCC2. The van der Waals surface area contributed by atoms with Crippen LogP contribution in [0.2, 0.25) is 0 Å². The van der Waals surface area contributed by atoms with Crippen molar-refractivity contribution in [3.8, 4) is 0 Å². The molecule has 0 fully saturated rings. The maximum atomic E-state index is 12.1. The highest BCUT2D eigenvalue weighted by Crippen LogP contribution is 2.19. The van der Waals surface area contributed by atoms with Crippen LogP contribution in [-0.2, 0) is 13.0 Å². The summed E-state index contributed by atoms with van der Waals surface area (Å²) < 4.78 is 5.20. The molecular formula is C11H17N3O2. The first kappa shape index (κ1) is 11.1. The van der Waals surface area contributed by atoms with Crippen molar-refractivity contribution in [1.29, 1.82) is 0 Å². The summed E-state index contributed by atoms with van der Waals surface area (Å²) in [4.78, 5) is 13.8. The number of carbonyl (C=O) groups is 1. The van der Waals surface area contributed by atoms with Crippen LogP contribution in [0.1, 0.15) is 35.7 Å². The standard InChI is InChI=1S/C11H17N3O2/c1-7(2)14(3)11(15)10-8-6-12-5-4-9(8)16-13-10/h7,12H,4-6H2,1-3H3. The lowest BCUT2D eigenvalue weighted by molar-refractivity contribution is 0.0743. The highest BCUT2D eigenvalue weighted by atomic mass is 16.5. The number of nitrogens with zero attached hydrogens (tertiary/aromatic N) is 2. The van der Waals surface area contributed by atoms with Crippen LogP contribution in [0.3, 0.4) is 0 Å². The summed E-state index contributed by atoms with van der Waals surface area (Å²) >= 11 is 0. The lowest BCUT2D eigenvalue weighted by atomic mass is 10.1. The zero-order valence-corrected chi connectivity index (χ0v) is 9.91. The summed E-state index contributed by atoms with van der Waals surface area (Å²) in [6.07, 6.45) is 0.807. The number of amides is 1. The Morgan fingerprint density at radius 2 is 2.31 bits per heavy atom. The fourth-order valence-corrected chi connectivity index (χ4v) is 1.71. The summed E-state index contributed by atoms with van der Waals surface area (Å²) in [5.74, 6) is 0.781. The van der Waals surface area contributed by atoms with E-state index in [4.69, 9.17) is 4.52 Å². The highest BCUT2D eigenvalue weighted by Gasteiger charge is 2.26. The van der Waals surface area contributed by atoms with E-state index in [9.17, 15) is 4.79 Å². The van der Waals surface area contributed by atoms with E-state index < -0.39 is 0 Å². The third kappa shape index (κ3) is 1.82. The quantitative estimate of drug-likeness (QED) is 0.805. The van der Waals surface area contributed by atoms with Crippen LogP contribution in [0.15, 0.2) is 4.52 Å². The van der Waals surface area contributed by atoms with E-state index in [1.54, 1.807) is 11.9 Å². The Kier molecular flexibility index (Phi) is 2.96. The Balaban J connectivity index is 2.27. The molecule has 0 spiro atoms. The van der Waals surface area contributed by atoms with Gasteiger partial charge in [0.2, 0.25) is 0 Å². The number of hydrogen-bond donors (Lipinski definition) is 1. The van der Waals surface area contributed by atoms with E-state index in [-0.39, 0.29) is 11.9 Å². The van der Waals surface area contributed by atoms with E-state index in [0.29, 0.717) is 12.2 Å². The molecule has 2 rings (SSSR count). The van der Waals surface area contributed by atoms with Crippen molar-refractivity contribution in [2.45, 2.75) is 32.9 Å². The second kappa shape index (κ2) is 4.25. The Labute approximate surface area is 94.8 Å². The molecule has 5 heteroatoms. The minimum Gasteiger partial charge on any atom is -0.360 e. The molecule has 5 nitrogen and oxygen atoms in total. The van der Waals surface area contributed by atoms with Gasteiger partial charge in [0, 0.05) is 38.2 Å². The summed E-state index contributed by atoms with van der Waals surface area (Å²) in [6.45, 7) is 5.51. The number of nitrogens with one attached hydrogen (secondary N) is 1. The van der Waals surface area contributed by atoms with Crippen molar-refractivity contribution in [1.82, 2.24) is 15.4 Å². The van der Waals surface area contributed by atoms with Crippen molar-refractivity contribution < 1.29 is 9.32 Å². The molecule has 0 saturated carbocycles. The molecule has 1 aromatic rings. The minimum absolute atomic E-state index is 0.0660. The molecule has 0 unspecified atom stereocenters. The van der Waals surface area contributed by atoms with Crippen molar-refractivity contribution in [2.75, 3.05) is 13.6 Å². The van der Waals surface area contributed by atoms with Gasteiger partial charge in [0.15, 0.2) is 5.69 Å². The molecule has 0 saturated heterocycles. The number of rotatable bonds is 2. The van der Waals surface area contributed by atoms with Crippen LogP contribution in [0.4, 0.5) is 0 Å². The Morgan fingerprint density at radius 3 is 3.00 bits per heavy atom. The Bertz CT molecular complexity index is 398. The first-order valence-corrected chi connectivity index (χ1v) is 5.56. The Hall–Kier alpha value is -1.36. The summed E-state index contributed by atoms with van der Waals surface area (Å²) in [5, 5.41) is 7.11. The Morgan fingerprint density at radius 1 is 1.56 bits per heavy atom. The lowest BCUT2D eigenvalue weighted by Crippen LogP contribution is -2.34. The van der Waals surface area contributed by atoms with Crippen LogP contribution in [-0.4, -0.2) is 35.6 Å². The summed E-state index contributed by atoms with van der Waals surface area (Å²) in [5.41, 5.74) is 1.38. The zero-order chi connectivity index (χ0) is 11.7. The molecule has 0 atom stereocenters. The maximum Gasteiger partial charge on any atom is 0.276 e. The van der Waals surface area contributed by atoms with Crippen LogP contribution < -0.4 is 5.32 Å². The van der Waals surface area contributed by atoms with Gasteiger partial charge < -0.3 is 14.7 Å². The fourth-order valence-electron chi connectivity index (χ4n) is 1.71. The predicted octanol–water partition coefficient (Wildman–Crippen LogP) is 0.801. The van der Waals surface area contributed by atoms with Gasteiger partial charge in [-0.3, -0.25) is 4.79 Å². The first-order chi connectivity index (χ1) is 7.61. The van der Waals surface area contributed by atoms with Gasteiger partial charge in [-0.15, -0.1) is 0 Å². The van der Waals surface area contributed by atoms with Gasteiger partial charge in [-0.05, 0) is 13.8 Å². The third-order valence-corrected chi connectivity index (χ3v) is 3.00. The van der Waals surface area contributed by atoms with Gasteiger partial charge in [-0.2, -0.15) is 0 Å². The second-order valence-corrected chi connectivity index (χ2v) is 4.37. The van der Waals surface area contributed by atoms with Gasteiger partial charge in [0.05, 0.1) is 0 Å². The molecule has 2 heterocycles. The molecule has 0 bridgehead atoms. The largest absolute Gasteiger partial charge is 0.360 e. The number of hydrogen-bond acceptors (Lipinski definition) is 4. The molecule has 1 aromatic heterocycles. The molecule has 1 amide bonds. The van der Waals surface area contributed by atoms with Gasteiger partial charge in [0.25, 0.3) is 5.91 Å². The molecule has 0 radical (unpaired) electrons. The molecule has 88 valence electrons. The van der Waals surface area contributed by atoms with E-state index in [0.717, 1.165) is 24.3 Å². The zero-order valence-electron chi connectivity index (χ0n) is 9.91. The van der Waals surface area contributed by atoms with Crippen LogP contribution >= 0.6 is 0 Å². The van der Waals surface area contributed by atoms with Crippen LogP contribution in [0.25, 0.3) is 0 Å². The molecule has 1 aliphatic heterocycles. The number of carbonyl (C=O) groups excluding carboxylic acids is 1. The summed E-state index contributed by atoms with van der Waals surface area (Å²) in [6, 6.07) is 0.163.